The molecule has 6 nitrogen and oxygen atoms in total. The molecule has 4 amide bonds. The molecular formula is C25H19FN2O4. The van der Waals surface area contributed by atoms with Crippen molar-refractivity contribution in [1.29, 1.82) is 0 Å². The van der Waals surface area contributed by atoms with Crippen LogP contribution >= 0.6 is 0 Å². The fourth-order valence-corrected chi connectivity index (χ4v) is 3.28. The van der Waals surface area contributed by atoms with Gasteiger partial charge in [-0.2, -0.15) is 0 Å². The van der Waals surface area contributed by atoms with E-state index in [1.807, 2.05) is 31.2 Å². The van der Waals surface area contributed by atoms with Crippen molar-refractivity contribution in [1.82, 2.24) is 5.32 Å². The molecule has 3 aromatic rings. The van der Waals surface area contributed by atoms with Crippen molar-refractivity contribution in [2.75, 3.05) is 4.90 Å². The predicted octanol–water partition coefficient (Wildman–Crippen LogP) is 4.38. The lowest BCUT2D eigenvalue weighted by Gasteiger charge is -2.26. The van der Waals surface area contributed by atoms with Crippen molar-refractivity contribution in [2.45, 2.75) is 13.5 Å². The fourth-order valence-electron chi connectivity index (χ4n) is 3.28. The van der Waals surface area contributed by atoms with E-state index in [0.29, 0.717) is 17.9 Å². The number of benzene rings is 3. The summed E-state index contributed by atoms with van der Waals surface area (Å²) in [6.45, 7) is 2.43. The van der Waals surface area contributed by atoms with Gasteiger partial charge in [-0.3, -0.25) is 14.9 Å². The summed E-state index contributed by atoms with van der Waals surface area (Å²) in [5, 5.41) is 2.14. The van der Waals surface area contributed by atoms with Gasteiger partial charge in [0.25, 0.3) is 11.8 Å². The molecule has 4 rings (SSSR count). The van der Waals surface area contributed by atoms with Gasteiger partial charge in [-0.25, -0.2) is 14.1 Å². The van der Waals surface area contributed by atoms with Crippen LogP contribution in [0.25, 0.3) is 6.08 Å². The highest BCUT2D eigenvalue weighted by molar-refractivity contribution is 6.39. The van der Waals surface area contributed by atoms with Gasteiger partial charge in [0, 0.05) is 0 Å². The third-order valence-electron chi connectivity index (χ3n) is 4.87. The maximum Gasteiger partial charge on any atom is 0.335 e. The molecule has 0 aliphatic carbocycles. The van der Waals surface area contributed by atoms with Crippen LogP contribution in [0.5, 0.6) is 5.75 Å². The third kappa shape index (κ3) is 4.57. The van der Waals surface area contributed by atoms with Crippen LogP contribution in [0, 0.1) is 12.7 Å². The number of rotatable bonds is 5. The Morgan fingerprint density at radius 1 is 0.969 bits per heavy atom. The van der Waals surface area contributed by atoms with E-state index in [2.05, 4.69) is 5.32 Å². The Hall–Kier alpha value is -4.26. The Morgan fingerprint density at radius 2 is 1.69 bits per heavy atom. The lowest BCUT2D eigenvalue weighted by atomic mass is 10.1. The van der Waals surface area contributed by atoms with Crippen molar-refractivity contribution in [2.24, 2.45) is 0 Å². The number of aryl methyl sites for hydroxylation is 1. The molecule has 160 valence electrons. The number of barbiturate groups is 1. The second-order valence-electron chi connectivity index (χ2n) is 7.28. The summed E-state index contributed by atoms with van der Waals surface area (Å²) < 4.78 is 19.0. The quantitative estimate of drug-likeness (QED) is 0.482. The van der Waals surface area contributed by atoms with E-state index in [1.54, 1.807) is 24.3 Å². The standard InChI is InChI=1S/C25H19FN2O4/c1-16-3-2-4-18(13-16)15-32-21-11-5-17(6-12-21)14-22-23(29)27-25(31)28(24(22)30)20-9-7-19(26)8-10-20/h2-14H,15H2,1H3,(H,27,29,31). The number of nitrogens with zero attached hydrogens (tertiary/aromatic N) is 1. The van der Waals surface area contributed by atoms with E-state index >= 15 is 0 Å². The second kappa shape index (κ2) is 8.85. The van der Waals surface area contributed by atoms with Gasteiger partial charge in [0.15, 0.2) is 0 Å². The van der Waals surface area contributed by atoms with E-state index in [0.717, 1.165) is 28.2 Å². The van der Waals surface area contributed by atoms with Gasteiger partial charge in [-0.1, -0.05) is 42.0 Å². The first-order valence-electron chi connectivity index (χ1n) is 9.86. The molecule has 1 fully saturated rings. The van der Waals surface area contributed by atoms with Crippen LogP contribution in [0.15, 0.2) is 78.4 Å². The number of imide groups is 2. The summed E-state index contributed by atoms with van der Waals surface area (Å²) in [6.07, 6.45) is 1.39. The van der Waals surface area contributed by atoms with Crippen molar-refractivity contribution < 1.29 is 23.5 Å². The molecule has 7 heteroatoms. The van der Waals surface area contributed by atoms with Gasteiger partial charge < -0.3 is 4.74 Å². The minimum Gasteiger partial charge on any atom is -0.489 e. The van der Waals surface area contributed by atoms with Gasteiger partial charge in [0.1, 0.15) is 23.7 Å². The van der Waals surface area contributed by atoms with Gasteiger partial charge in [-0.05, 0) is 60.5 Å². The van der Waals surface area contributed by atoms with E-state index in [-0.39, 0.29) is 11.3 Å². The van der Waals surface area contributed by atoms with Crippen LogP contribution in [-0.4, -0.2) is 17.8 Å². The maximum absolute atomic E-state index is 13.2. The van der Waals surface area contributed by atoms with Gasteiger partial charge in [0.2, 0.25) is 0 Å². The fraction of sp³-hybridized carbons (Fsp3) is 0.0800. The number of hydrogen-bond donors (Lipinski definition) is 1. The Labute approximate surface area is 183 Å². The van der Waals surface area contributed by atoms with Crippen molar-refractivity contribution in [3.8, 4) is 5.75 Å². The lowest BCUT2D eigenvalue weighted by molar-refractivity contribution is -0.122. The zero-order chi connectivity index (χ0) is 22.7. The molecular weight excluding hydrogens is 411 g/mol. The van der Waals surface area contributed by atoms with Crippen LogP contribution in [-0.2, 0) is 16.2 Å². The molecule has 1 aliphatic rings. The molecule has 0 aromatic heterocycles. The SMILES string of the molecule is Cc1cccc(COc2ccc(C=C3C(=O)NC(=O)N(c4ccc(F)cc4)C3=O)cc2)c1. The van der Waals surface area contributed by atoms with Crippen molar-refractivity contribution in [3.05, 3.63) is 101 Å². The summed E-state index contributed by atoms with van der Waals surface area (Å²) >= 11 is 0. The summed E-state index contributed by atoms with van der Waals surface area (Å²) in [5.41, 5.74) is 2.73. The van der Waals surface area contributed by atoms with Crippen LogP contribution in [0.3, 0.4) is 0 Å². The maximum atomic E-state index is 13.2. The zero-order valence-corrected chi connectivity index (χ0v) is 17.2. The van der Waals surface area contributed by atoms with Crippen LogP contribution in [0.4, 0.5) is 14.9 Å². The normalized spacial score (nSPS) is 15.1. The van der Waals surface area contributed by atoms with Crippen LogP contribution in [0.1, 0.15) is 16.7 Å². The molecule has 1 saturated heterocycles. The first-order valence-corrected chi connectivity index (χ1v) is 9.86. The van der Waals surface area contributed by atoms with Gasteiger partial charge in [0.05, 0.1) is 5.69 Å². The minimum absolute atomic E-state index is 0.159. The van der Waals surface area contributed by atoms with E-state index in [1.165, 1.54) is 18.2 Å². The van der Waals surface area contributed by atoms with Crippen molar-refractivity contribution >= 4 is 29.6 Å². The molecule has 0 atom stereocenters. The molecule has 1 N–H and O–H groups in total. The summed E-state index contributed by atoms with van der Waals surface area (Å²) in [4.78, 5) is 38.1. The predicted molar refractivity (Wildman–Crippen MR) is 117 cm³/mol. The number of carbonyl (C=O) groups excluding carboxylic acids is 3. The number of anilines is 1. The molecule has 0 saturated carbocycles. The van der Waals surface area contributed by atoms with Gasteiger partial charge >= 0.3 is 6.03 Å². The number of halogens is 1. The molecule has 32 heavy (non-hydrogen) atoms. The highest BCUT2D eigenvalue weighted by Gasteiger charge is 2.36. The monoisotopic (exact) mass is 430 g/mol. The molecule has 1 aliphatic heterocycles. The first-order chi connectivity index (χ1) is 15.4. The van der Waals surface area contributed by atoms with E-state index in [9.17, 15) is 18.8 Å². The van der Waals surface area contributed by atoms with Crippen LogP contribution in [0.2, 0.25) is 0 Å². The lowest BCUT2D eigenvalue weighted by Crippen LogP contribution is -2.54. The third-order valence-corrected chi connectivity index (χ3v) is 4.87. The average molecular weight is 430 g/mol. The molecule has 0 unspecified atom stereocenters. The number of nitrogens with one attached hydrogen (secondary N) is 1. The number of ether oxygens (including phenoxy) is 1. The Morgan fingerprint density at radius 3 is 2.38 bits per heavy atom. The van der Waals surface area contributed by atoms with E-state index < -0.39 is 23.7 Å². The van der Waals surface area contributed by atoms with Gasteiger partial charge in [-0.15, -0.1) is 0 Å². The molecule has 0 bridgehead atoms. The first kappa shape index (κ1) is 21.0. The Balaban J connectivity index is 1.51. The highest BCUT2D eigenvalue weighted by atomic mass is 19.1. The average Bonchev–Trinajstić information content (AvgIpc) is 2.77. The van der Waals surface area contributed by atoms with Crippen LogP contribution < -0.4 is 15.0 Å². The summed E-state index contributed by atoms with van der Waals surface area (Å²) in [5.74, 6) is -1.45. The number of urea groups is 1. The van der Waals surface area contributed by atoms with Crippen molar-refractivity contribution in [3.63, 3.8) is 0 Å². The summed E-state index contributed by atoms with van der Waals surface area (Å²) in [7, 11) is 0. The molecule has 1 heterocycles. The minimum atomic E-state index is -0.886. The Kier molecular flexibility index (Phi) is 5.81. The second-order valence-corrected chi connectivity index (χ2v) is 7.28. The molecule has 0 radical (unpaired) electrons. The number of hydrogen-bond acceptors (Lipinski definition) is 4. The summed E-state index contributed by atoms with van der Waals surface area (Å²) in [6, 6.07) is 18.8. The van der Waals surface area contributed by atoms with E-state index in [4.69, 9.17) is 4.74 Å². The number of carbonyl (C=O) groups is 3. The largest absolute Gasteiger partial charge is 0.489 e. The highest BCUT2D eigenvalue weighted by Crippen LogP contribution is 2.23. The molecule has 0 spiro atoms. The number of amides is 4. The smallest absolute Gasteiger partial charge is 0.335 e. The Bertz CT molecular complexity index is 1220. The zero-order valence-electron chi connectivity index (χ0n) is 17.2. The topological polar surface area (TPSA) is 75.7 Å². The molecule has 3 aromatic carbocycles.